The fraction of sp³-hybridized carbons (Fsp3) is 0.867. The Hall–Kier alpha value is -0.300. The van der Waals surface area contributed by atoms with Crippen LogP contribution < -0.4 is 0 Å². The number of likely N-dealkylation sites (N-methyl/N-ethyl adjacent to an activating group) is 1. The molecule has 0 spiro atoms. The molecule has 0 saturated heterocycles. The van der Waals surface area contributed by atoms with Gasteiger partial charge in [0.1, 0.15) is 0 Å². The Labute approximate surface area is 103 Å². The number of unbranched alkanes of at least 4 members (excludes halogenated alkanes) is 7. The summed E-state index contributed by atoms with van der Waals surface area (Å²) in [6, 6.07) is 0.570. The molecule has 96 valence electrons. The van der Waals surface area contributed by atoms with E-state index in [0.29, 0.717) is 6.04 Å². The second kappa shape index (κ2) is 11.2. The van der Waals surface area contributed by atoms with Gasteiger partial charge in [0.2, 0.25) is 0 Å². The highest BCUT2D eigenvalue weighted by Gasteiger charge is 2.05. The topological polar surface area (TPSA) is 3.24 Å². The van der Waals surface area contributed by atoms with E-state index in [1.807, 2.05) is 0 Å². The molecule has 0 N–H and O–H groups in total. The normalized spacial score (nSPS) is 13.0. The van der Waals surface area contributed by atoms with Crippen molar-refractivity contribution < 1.29 is 0 Å². The Bertz CT molecular complexity index is 152. The zero-order valence-electron chi connectivity index (χ0n) is 11.7. The van der Waals surface area contributed by atoms with E-state index >= 15 is 0 Å². The molecule has 16 heavy (non-hydrogen) atoms. The molecule has 0 aliphatic carbocycles. The number of hydrogen-bond donors (Lipinski definition) is 0. The van der Waals surface area contributed by atoms with Gasteiger partial charge in [0.15, 0.2) is 0 Å². The molecule has 1 atom stereocenters. The van der Waals surface area contributed by atoms with E-state index in [2.05, 4.69) is 38.6 Å². The molecule has 0 aliphatic heterocycles. The maximum absolute atomic E-state index is 3.89. The lowest BCUT2D eigenvalue weighted by Crippen LogP contribution is -2.25. The maximum Gasteiger partial charge on any atom is 0.0269 e. The van der Waals surface area contributed by atoms with Crippen LogP contribution in [0.25, 0.3) is 0 Å². The van der Waals surface area contributed by atoms with Crippen molar-refractivity contribution in [3.05, 3.63) is 12.7 Å². The van der Waals surface area contributed by atoms with Crippen LogP contribution in [0.5, 0.6) is 0 Å². The van der Waals surface area contributed by atoms with Crippen LogP contribution in [0.2, 0.25) is 0 Å². The van der Waals surface area contributed by atoms with Gasteiger partial charge >= 0.3 is 0 Å². The van der Waals surface area contributed by atoms with Crippen LogP contribution in [-0.4, -0.2) is 25.0 Å². The van der Waals surface area contributed by atoms with Crippen molar-refractivity contribution in [3.8, 4) is 0 Å². The summed E-state index contributed by atoms with van der Waals surface area (Å²) in [4.78, 5) is 2.26. The fourth-order valence-corrected chi connectivity index (χ4v) is 2.07. The molecule has 1 heteroatoms. The van der Waals surface area contributed by atoms with E-state index in [0.717, 1.165) is 0 Å². The van der Waals surface area contributed by atoms with Crippen LogP contribution in [-0.2, 0) is 0 Å². The monoisotopic (exact) mass is 225 g/mol. The van der Waals surface area contributed by atoms with Crippen molar-refractivity contribution >= 4 is 0 Å². The van der Waals surface area contributed by atoms with Gasteiger partial charge in [-0.15, -0.1) is 6.58 Å². The third kappa shape index (κ3) is 8.96. The smallest absolute Gasteiger partial charge is 0.0269 e. The van der Waals surface area contributed by atoms with Crippen molar-refractivity contribution in [2.45, 2.75) is 70.8 Å². The molecule has 0 amide bonds. The van der Waals surface area contributed by atoms with Gasteiger partial charge in [0, 0.05) is 6.04 Å². The molecule has 0 aromatic carbocycles. The van der Waals surface area contributed by atoms with Gasteiger partial charge in [-0.3, -0.25) is 0 Å². The molecular formula is C15H31N. The molecule has 0 heterocycles. The number of nitrogens with zero attached hydrogens (tertiary/aromatic N) is 1. The molecule has 0 fully saturated rings. The van der Waals surface area contributed by atoms with E-state index in [1.54, 1.807) is 0 Å². The summed E-state index contributed by atoms with van der Waals surface area (Å²) in [6.07, 6.45) is 14.6. The minimum Gasteiger partial charge on any atom is -0.303 e. The predicted molar refractivity (Wildman–Crippen MR) is 74.9 cm³/mol. The van der Waals surface area contributed by atoms with Crippen molar-refractivity contribution in [1.29, 1.82) is 0 Å². The van der Waals surface area contributed by atoms with Gasteiger partial charge in [-0.25, -0.2) is 0 Å². The SMILES string of the molecule is C=CC(CCCCCCCCCC)N(C)C. The van der Waals surface area contributed by atoms with Gasteiger partial charge in [0.05, 0.1) is 0 Å². The van der Waals surface area contributed by atoms with Gasteiger partial charge < -0.3 is 4.90 Å². The van der Waals surface area contributed by atoms with E-state index in [-0.39, 0.29) is 0 Å². The van der Waals surface area contributed by atoms with Crippen LogP contribution in [0.3, 0.4) is 0 Å². The molecule has 0 rings (SSSR count). The largest absolute Gasteiger partial charge is 0.303 e. The Balaban J connectivity index is 3.22. The lowest BCUT2D eigenvalue weighted by Gasteiger charge is -2.20. The molecule has 1 nitrogen and oxygen atoms in total. The van der Waals surface area contributed by atoms with Gasteiger partial charge in [-0.05, 0) is 20.5 Å². The molecule has 0 aromatic heterocycles. The van der Waals surface area contributed by atoms with E-state index in [4.69, 9.17) is 0 Å². The Morgan fingerprint density at radius 2 is 1.44 bits per heavy atom. The first-order valence-electron chi connectivity index (χ1n) is 7.01. The third-order valence-corrected chi connectivity index (χ3v) is 3.29. The molecule has 0 aliphatic rings. The lowest BCUT2D eigenvalue weighted by atomic mass is 10.0. The fourth-order valence-electron chi connectivity index (χ4n) is 2.07. The second-order valence-corrected chi connectivity index (χ2v) is 5.03. The Morgan fingerprint density at radius 1 is 0.938 bits per heavy atom. The van der Waals surface area contributed by atoms with Crippen molar-refractivity contribution in [2.75, 3.05) is 14.1 Å². The van der Waals surface area contributed by atoms with E-state index in [1.165, 1.54) is 57.8 Å². The second-order valence-electron chi connectivity index (χ2n) is 5.03. The summed E-state index contributed by atoms with van der Waals surface area (Å²) in [6.45, 7) is 6.16. The molecule has 0 radical (unpaired) electrons. The Kier molecular flexibility index (Phi) is 11.0. The van der Waals surface area contributed by atoms with E-state index in [9.17, 15) is 0 Å². The lowest BCUT2D eigenvalue weighted by molar-refractivity contribution is 0.319. The maximum atomic E-state index is 3.89. The predicted octanol–water partition coefficient (Wildman–Crippen LogP) is 4.63. The van der Waals surface area contributed by atoms with Crippen LogP contribution in [0.1, 0.15) is 64.7 Å². The third-order valence-electron chi connectivity index (χ3n) is 3.29. The highest BCUT2D eigenvalue weighted by Crippen LogP contribution is 2.12. The first-order chi connectivity index (χ1) is 7.72. The van der Waals surface area contributed by atoms with Crippen LogP contribution in [0.4, 0.5) is 0 Å². The van der Waals surface area contributed by atoms with Crippen molar-refractivity contribution in [2.24, 2.45) is 0 Å². The highest BCUT2D eigenvalue weighted by atomic mass is 15.1. The summed E-state index contributed by atoms with van der Waals surface area (Å²) in [7, 11) is 4.27. The van der Waals surface area contributed by atoms with E-state index < -0.39 is 0 Å². The van der Waals surface area contributed by atoms with Crippen LogP contribution in [0, 0.1) is 0 Å². The average Bonchev–Trinajstić information content (AvgIpc) is 2.26. The summed E-state index contributed by atoms with van der Waals surface area (Å²) in [5.41, 5.74) is 0. The zero-order valence-corrected chi connectivity index (χ0v) is 11.7. The molecular weight excluding hydrogens is 194 g/mol. The minimum absolute atomic E-state index is 0.570. The first-order valence-corrected chi connectivity index (χ1v) is 7.01. The number of hydrogen-bond acceptors (Lipinski definition) is 1. The summed E-state index contributed by atoms with van der Waals surface area (Å²) >= 11 is 0. The zero-order chi connectivity index (χ0) is 12.2. The summed E-state index contributed by atoms with van der Waals surface area (Å²) in [5.74, 6) is 0. The number of rotatable bonds is 11. The summed E-state index contributed by atoms with van der Waals surface area (Å²) < 4.78 is 0. The molecule has 1 unspecified atom stereocenters. The standard InChI is InChI=1S/C15H31N/c1-5-7-8-9-10-11-12-13-14-15(6-2)16(3)4/h6,15H,2,5,7-14H2,1,3-4H3. The quantitative estimate of drug-likeness (QED) is 0.366. The first kappa shape index (κ1) is 15.7. The molecule has 0 bridgehead atoms. The van der Waals surface area contributed by atoms with Crippen molar-refractivity contribution in [1.82, 2.24) is 4.90 Å². The van der Waals surface area contributed by atoms with Crippen molar-refractivity contribution in [3.63, 3.8) is 0 Å². The van der Waals surface area contributed by atoms with Gasteiger partial charge in [0.25, 0.3) is 0 Å². The Morgan fingerprint density at radius 3 is 1.88 bits per heavy atom. The summed E-state index contributed by atoms with van der Waals surface area (Å²) in [5, 5.41) is 0. The van der Waals surface area contributed by atoms with Gasteiger partial charge in [-0.1, -0.05) is 64.4 Å². The average molecular weight is 225 g/mol. The highest BCUT2D eigenvalue weighted by molar-refractivity contribution is 4.84. The van der Waals surface area contributed by atoms with Crippen LogP contribution in [0.15, 0.2) is 12.7 Å². The minimum atomic E-state index is 0.570. The van der Waals surface area contributed by atoms with Gasteiger partial charge in [-0.2, -0.15) is 0 Å². The molecule has 0 saturated carbocycles. The molecule has 0 aromatic rings. The van der Waals surface area contributed by atoms with Crippen LogP contribution >= 0.6 is 0 Å².